The lowest BCUT2D eigenvalue weighted by molar-refractivity contribution is 0.0674. The molecular formula is C20H24ClN3O3S2. The second-order valence-electron chi connectivity index (χ2n) is 6.94. The SMILES string of the molecule is CCSc1ncc(Cl)c(C(=O)N(Cc2ccc(CC)cc2)[C@H]2CCS(=O)(=O)C2)n1. The lowest BCUT2D eigenvalue weighted by Gasteiger charge is -2.28. The van der Waals surface area contributed by atoms with E-state index in [-0.39, 0.29) is 28.1 Å². The standard InChI is InChI=1S/C20H24ClN3O3S2/c1-3-14-5-7-15(8-6-14)12-24(16-9-10-29(26,27)13-16)19(25)18-17(21)11-22-20(23-18)28-4-2/h5-8,11,16H,3-4,9-10,12-13H2,1-2H3/t16-/m0/s1. The number of hydrogen-bond acceptors (Lipinski definition) is 6. The molecule has 1 saturated heterocycles. The Balaban J connectivity index is 1.93. The van der Waals surface area contributed by atoms with E-state index >= 15 is 0 Å². The fourth-order valence-corrected chi connectivity index (χ4v) is 5.74. The Morgan fingerprint density at radius 2 is 1.93 bits per heavy atom. The maximum absolute atomic E-state index is 13.4. The van der Waals surface area contributed by atoms with Crippen molar-refractivity contribution >= 4 is 39.1 Å². The van der Waals surface area contributed by atoms with Gasteiger partial charge in [0.15, 0.2) is 20.7 Å². The van der Waals surface area contributed by atoms with Gasteiger partial charge in [0.1, 0.15) is 0 Å². The van der Waals surface area contributed by atoms with Crippen molar-refractivity contribution in [1.29, 1.82) is 0 Å². The molecule has 1 atom stereocenters. The summed E-state index contributed by atoms with van der Waals surface area (Å²) in [7, 11) is -3.15. The van der Waals surface area contributed by atoms with Crippen LogP contribution < -0.4 is 0 Å². The number of hydrogen-bond donors (Lipinski definition) is 0. The highest BCUT2D eigenvalue weighted by Gasteiger charge is 2.36. The molecule has 1 aliphatic rings. The normalized spacial score (nSPS) is 18.0. The number of aromatic nitrogens is 2. The predicted molar refractivity (Wildman–Crippen MR) is 116 cm³/mol. The number of benzene rings is 1. The van der Waals surface area contributed by atoms with E-state index in [1.807, 2.05) is 31.2 Å². The molecule has 0 saturated carbocycles. The smallest absolute Gasteiger partial charge is 0.274 e. The minimum absolute atomic E-state index is 0.0367. The van der Waals surface area contributed by atoms with Crippen molar-refractivity contribution in [2.45, 2.75) is 44.4 Å². The summed E-state index contributed by atoms with van der Waals surface area (Å²) in [5.41, 5.74) is 2.26. The van der Waals surface area contributed by atoms with Crippen LogP contribution >= 0.6 is 23.4 Å². The first-order valence-electron chi connectivity index (χ1n) is 9.57. The topological polar surface area (TPSA) is 80.2 Å². The predicted octanol–water partition coefficient (Wildman–Crippen LogP) is 3.63. The molecule has 0 spiro atoms. The summed E-state index contributed by atoms with van der Waals surface area (Å²) in [6, 6.07) is 7.60. The molecule has 1 aliphatic heterocycles. The maximum atomic E-state index is 13.4. The van der Waals surface area contributed by atoms with Gasteiger partial charge in [0.05, 0.1) is 22.7 Å². The summed E-state index contributed by atoms with van der Waals surface area (Å²) < 4.78 is 24.1. The quantitative estimate of drug-likeness (QED) is 0.470. The van der Waals surface area contributed by atoms with Crippen LogP contribution in [0.2, 0.25) is 5.02 Å². The van der Waals surface area contributed by atoms with Gasteiger partial charge in [-0.2, -0.15) is 0 Å². The van der Waals surface area contributed by atoms with Crippen molar-refractivity contribution in [2.24, 2.45) is 0 Å². The number of carbonyl (C=O) groups is 1. The fourth-order valence-electron chi connectivity index (χ4n) is 3.30. The molecule has 0 radical (unpaired) electrons. The summed E-state index contributed by atoms with van der Waals surface area (Å²) >= 11 is 7.66. The van der Waals surface area contributed by atoms with Crippen LogP contribution in [-0.2, 0) is 22.8 Å². The average molecular weight is 454 g/mol. The van der Waals surface area contributed by atoms with E-state index in [0.717, 1.165) is 17.7 Å². The van der Waals surface area contributed by atoms with Crippen LogP contribution in [0.5, 0.6) is 0 Å². The van der Waals surface area contributed by atoms with Gasteiger partial charge < -0.3 is 4.90 Å². The summed E-state index contributed by atoms with van der Waals surface area (Å²) in [6.45, 7) is 4.36. The molecule has 1 fully saturated rings. The van der Waals surface area contributed by atoms with Gasteiger partial charge in [-0.3, -0.25) is 4.79 Å². The molecule has 0 aliphatic carbocycles. The van der Waals surface area contributed by atoms with Gasteiger partial charge in [-0.15, -0.1) is 0 Å². The van der Waals surface area contributed by atoms with Crippen LogP contribution in [0, 0.1) is 0 Å². The third-order valence-corrected chi connectivity index (χ3v) is 7.66. The lowest BCUT2D eigenvalue weighted by atomic mass is 10.1. The van der Waals surface area contributed by atoms with Crippen LogP contribution in [0.3, 0.4) is 0 Å². The van der Waals surface area contributed by atoms with E-state index in [4.69, 9.17) is 11.6 Å². The Labute approximate surface area is 181 Å². The van der Waals surface area contributed by atoms with Crippen molar-refractivity contribution in [2.75, 3.05) is 17.3 Å². The second-order valence-corrected chi connectivity index (χ2v) is 10.8. The zero-order chi connectivity index (χ0) is 21.0. The number of nitrogens with zero attached hydrogens (tertiary/aromatic N) is 3. The molecule has 9 heteroatoms. The van der Waals surface area contributed by atoms with Gasteiger partial charge in [-0.25, -0.2) is 18.4 Å². The first kappa shape index (κ1) is 22.1. The largest absolute Gasteiger partial charge is 0.329 e. The Morgan fingerprint density at radius 3 is 2.52 bits per heavy atom. The molecule has 1 aromatic carbocycles. The van der Waals surface area contributed by atoms with Crippen molar-refractivity contribution < 1.29 is 13.2 Å². The molecule has 0 N–H and O–H groups in total. The molecule has 1 aromatic heterocycles. The number of thioether (sulfide) groups is 1. The van der Waals surface area contributed by atoms with Crippen LogP contribution in [0.1, 0.15) is 41.9 Å². The van der Waals surface area contributed by atoms with Crippen molar-refractivity contribution in [3.05, 3.63) is 52.3 Å². The number of halogens is 1. The molecule has 3 rings (SSSR count). The highest BCUT2D eigenvalue weighted by molar-refractivity contribution is 7.99. The molecule has 0 unspecified atom stereocenters. The number of sulfone groups is 1. The Kier molecular flexibility index (Phi) is 7.19. The van der Waals surface area contributed by atoms with E-state index in [0.29, 0.717) is 18.1 Å². The Morgan fingerprint density at radius 1 is 1.24 bits per heavy atom. The zero-order valence-corrected chi connectivity index (χ0v) is 18.9. The number of aryl methyl sites for hydroxylation is 1. The van der Waals surface area contributed by atoms with Crippen LogP contribution in [0.15, 0.2) is 35.6 Å². The Bertz CT molecular complexity index is 981. The number of carbonyl (C=O) groups excluding carboxylic acids is 1. The van der Waals surface area contributed by atoms with Crippen molar-refractivity contribution in [3.8, 4) is 0 Å². The van der Waals surface area contributed by atoms with E-state index in [1.54, 1.807) is 4.90 Å². The Hall–Kier alpha value is -1.64. The summed E-state index contributed by atoms with van der Waals surface area (Å²) in [6.07, 6.45) is 2.78. The molecule has 0 bridgehead atoms. The van der Waals surface area contributed by atoms with E-state index < -0.39 is 15.9 Å². The van der Waals surface area contributed by atoms with Crippen LogP contribution in [-0.4, -0.2) is 52.5 Å². The minimum atomic E-state index is -3.15. The van der Waals surface area contributed by atoms with Gasteiger partial charge in [-0.05, 0) is 29.7 Å². The summed E-state index contributed by atoms with van der Waals surface area (Å²) in [5.74, 6) is 0.455. The molecule has 2 aromatic rings. The molecule has 156 valence electrons. The number of amides is 1. The maximum Gasteiger partial charge on any atom is 0.274 e. The molecular weight excluding hydrogens is 430 g/mol. The molecule has 1 amide bonds. The lowest BCUT2D eigenvalue weighted by Crippen LogP contribution is -2.41. The van der Waals surface area contributed by atoms with E-state index in [2.05, 4.69) is 16.9 Å². The van der Waals surface area contributed by atoms with Gasteiger partial charge >= 0.3 is 0 Å². The van der Waals surface area contributed by atoms with E-state index in [1.165, 1.54) is 23.5 Å². The third-order valence-electron chi connectivity index (χ3n) is 4.89. The zero-order valence-electron chi connectivity index (χ0n) is 16.5. The van der Waals surface area contributed by atoms with E-state index in [9.17, 15) is 13.2 Å². The minimum Gasteiger partial charge on any atom is -0.329 e. The highest BCUT2D eigenvalue weighted by atomic mass is 35.5. The van der Waals surface area contributed by atoms with Gasteiger partial charge in [0.25, 0.3) is 5.91 Å². The molecule has 2 heterocycles. The number of rotatable bonds is 7. The first-order valence-corrected chi connectivity index (χ1v) is 12.8. The van der Waals surface area contributed by atoms with Gasteiger partial charge in [0.2, 0.25) is 0 Å². The summed E-state index contributed by atoms with van der Waals surface area (Å²) in [4.78, 5) is 23.5. The average Bonchev–Trinajstić information content (AvgIpc) is 3.07. The summed E-state index contributed by atoms with van der Waals surface area (Å²) in [5, 5.41) is 0.647. The molecule has 6 nitrogen and oxygen atoms in total. The second kappa shape index (κ2) is 9.45. The third kappa shape index (κ3) is 5.49. The van der Waals surface area contributed by atoms with Crippen LogP contribution in [0.4, 0.5) is 0 Å². The fraction of sp³-hybridized carbons (Fsp3) is 0.450. The van der Waals surface area contributed by atoms with Gasteiger partial charge in [-0.1, -0.05) is 61.5 Å². The molecule has 29 heavy (non-hydrogen) atoms. The first-order chi connectivity index (χ1) is 13.8. The van der Waals surface area contributed by atoms with Crippen LogP contribution in [0.25, 0.3) is 0 Å². The van der Waals surface area contributed by atoms with Gasteiger partial charge in [0, 0.05) is 12.6 Å². The van der Waals surface area contributed by atoms with Crippen molar-refractivity contribution in [3.63, 3.8) is 0 Å². The highest BCUT2D eigenvalue weighted by Crippen LogP contribution is 2.25. The van der Waals surface area contributed by atoms with Crippen molar-refractivity contribution in [1.82, 2.24) is 14.9 Å². The monoisotopic (exact) mass is 453 g/mol.